The molecule has 0 radical (unpaired) electrons. The minimum absolute atomic E-state index is 0.0646. The molecular weight excluding hydrogens is 952 g/mol. The van der Waals surface area contributed by atoms with Crippen LogP contribution in [-0.2, 0) is 4.21 Å². The molecule has 6 rings (SSSR count). The summed E-state index contributed by atoms with van der Waals surface area (Å²) in [5.41, 5.74) is 15.2. The van der Waals surface area contributed by atoms with Crippen molar-refractivity contribution in [2.24, 2.45) is 0 Å². The molecule has 2 unspecified atom stereocenters. The fourth-order valence-corrected chi connectivity index (χ4v) is 64.0. The molecule has 2 nitrogen and oxygen atoms in total. The molecule has 4 aromatic carbocycles. The van der Waals surface area contributed by atoms with Crippen LogP contribution in [0.4, 0.5) is 11.4 Å². The van der Waals surface area contributed by atoms with Gasteiger partial charge in [0.25, 0.3) is 0 Å². The van der Waals surface area contributed by atoms with Crippen LogP contribution in [-0.4, -0.2) is 48.2 Å². The summed E-state index contributed by atoms with van der Waals surface area (Å²) in [6.07, 6.45) is 4.80. The van der Waals surface area contributed by atoms with Crippen molar-refractivity contribution in [2.75, 3.05) is 42.3 Å². The number of allylic oxidation sites excluding steroid dienone is 2. The molecule has 0 saturated heterocycles. The molecule has 0 fully saturated rings. The number of hydrogen-bond donors (Lipinski definition) is 0. The molecule has 0 N–H and O–H groups in total. The fraction of sp³-hybridized carbons (Fsp3) is 0.300. The van der Waals surface area contributed by atoms with Gasteiger partial charge in [-0.3, -0.25) is 0 Å². The topological polar surface area (TPSA) is 0 Å². The van der Waals surface area contributed by atoms with Crippen LogP contribution in [0.5, 0.6) is 0 Å². The van der Waals surface area contributed by atoms with Crippen LogP contribution in [0, 0.1) is 0 Å². The van der Waals surface area contributed by atoms with E-state index in [1.807, 2.05) is 0 Å². The first-order valence-corrected chi connectivity index (χ1v) is 47.8. The Hall–Kier alpha value is -0.580. The van der Waals surface area contributed by atoms with Gasteiger partial charge in [0.15, 0.2) is 0 Å². The quantitative estimate of drug-likeness (QED) is 0.0983. The second kappa shape index (κ2) is 11.0. The SMILES string of the molecule is CC1=Cc2c(-c3ccc([N+](C)(C)C)cc3)cccc2[CH]1[Zr]([Cl])([Cl])([I])([I])([CH]1C(C)=Cc2c(-c3ccc([N+](C)(C)C)cc3)cccc21)[SiH](C)C. The summed E-state index contributed by atoms with van der Waals surface area (Å²) in [6, 6.07) is 31.6. The maximum atomic E-state index is 8.94. The van der Waals surface area contributed by atoms with E-state index in [4.69, 9.17) is 17.0 Å². The second-order valence-electron chi connectivity index (χ2n) is 16.8. The molecule has 253 valence electrons. The zero-order valence-corrected chi connectivity index (χ0v) is 39.3. The van der Waals surface area contributed by atoms with E-state index in [0.29, 0.717) is 0 Å². The normalized spacial score (nSPS) is 20.3. The summed E-state index contributed by atoms with van der Waals surface area (Å²) in [5, 5.41) is 0. The molecule has 2 aliphatic carbocycles. The molecule has 8 heteroatoms. The van der Waals surface area contributed by atoms with Crippen molar-refractivity contribution >= 4 is 82.6 Å². The first-order valence-electron chi connectivity index (χ1n) is 16.8. The van der Waals surface area contributed by atoms with Crippen molar-refractivity contribution in [3.05, 3.63) is 118 Å². The number of benzene rings is 4. The summed E-state index contributed by atoms with van der Waals surface area (Å²) >= 11 is 5.52. The van der Waals surface area contributed by atoms with Crippen molar-refractivity contribution in [1.82, 2.24) is 8.97 Å². The molecule has 0 aromatic heterocycles. The van der Waals surface area contributed by atoms with Gasteiger partial charge < -0.3 is 0 Å². The van der Waals surface area contributed by atoms with Gasteiger partial charge in [-0.05, 0) is 0 Å². The third-order valence-corrected chi connectivity index (χ3v) is 132. The Bertz CT molecular complexity index is 1920. The Morgan fingerprint density at radius 1 is 0.562 bits per heavy atom. The first kappa shape index (κ1) is 37.2. The number of hydrogen-bond acceptors (Lipinski definition) is 0. The van der Waals surface area contributed by atoms with Crippen LogP contribution in [0.25, 0.3) is 34.4 Å². The number of nitrogens with zero attached hydrogens (tertiary/aromatic N) is 2. The molecule has 0 spiro atoms. The van der Waals surface area contributed by atoms with E-state index in [1.54, 1.807) is 0 Å². The predicted octanol–water partition coefficient (Wildman–Crippen LogP) is 12.8. The number of halogens is 4. The van der Waals surface area contributed by atoms with E-state index in [0.717, 1.165) is 8.97 Å². The summed E-state index contributed by atoms with van der Waals surface area (Å²) in [5.74, 6) is -1.87. The summed E-state index contributed by atoms with van der Waals surface area (Å²) in [6.45, 7) is 9.39. The number of quaternary nitrogens is 2. The molecular formula is C40H49Cl2I2N2SiZr+2. The van der Waals surface area contributed by atoms with Gasteiger partial charge in [0.2, 0.25) is 0 Å². The molecule has 0 bridgehead atoms. The van der Waals surface area contributed by atoms with E-state index in [1.165, 1.54) is 67.0 Å². The first-order chi connectivity index (χ1) is 21.9. The Morgan fingerprint density at radius 3 is 1.19 bits per heavy atom. The zero-order valence-electron chi connectivity index (χ0n) is 29.9. The van der Waals surface area contributed by atoms with Crippen molar-refractivity contribution in [3.8, 4) is 22.3 Å². The summed E-state index contributed by atoms with van der Waals surface area (Å²) in [7, 11) is 31.1. The molecule has 48 heavy (non-hydrogen) atoms. The van der Waals surface area contributed by atoms with Crippen LogP contribution >= 0.6 is 53.1 Å². The van der Waals surface area contributed by atoms with Crippen molar-refractivity contribution in [1.29, 1.82) is 0 Å². The number of fused-ring (bicyclic) bond motifs is 2. The van der Waals surface area contributed by atoms with Gasteiger partial charge in [-0.25, -0.2) is 0 Å². The second-order valence-corrected chi connectivity index (χ2v) is 155. The monoisotopic (exact) mass is 999 g/mol. The molecule has 2 aliphatic rings. The van der Waals surface area contributed by atoms with Crippen LogP contribution in [0.3, 0.4) is 0 Å². The van der Waals surface area contributed by atoms with Crippen LogP contribution in [0.1, 0.15) is 43.4 Å². The molecule has 0 amide bonds. The van der Waals surface area contributed by atoms with E-state index >= 15 is 0 Å². The summed E-state index contributed by atoms with van der Waals surface area (Å²) in [4.78, 5) is 0. The maximum absolute atomic E-state index is 8.94. The fourth-order valence-electron chi connectivity index (χ4n) is 8.66. The summed E-state index contributed by atoms with van der Waals surface area (Å²) < 4.78 is -4.60. The molecule has 4 aromatic rings. The van der Waals surface area contributed by atoms with Crippen molar-refractivity contribution < 1.29 is 4.21 Å². The Balaban J connectivity index is 1.55. The van der Waals surface area contributed by atoms with Gasteiger partial charge in [-0.2, -0.15) is 0 Å². The van der Waals surface area contributed by atoms with Gasteiger partial charge in [0, 0.05) is 0 Å². The molecule has 0 saturated carbocycles. The Kier molecular flexibility index (Phi) is 8.50. The van der Waals surface area contributed by atoms with Gasteiger partial charge in [-0.1, -0.05) is 0 Å². The standard InChI is InChI=1S/2C19H21N.C2H7Si.2ClH.2HI.Zr/c2*1-14-12-16-6-5-7-18(19(16)13-14)15-8-10-17(11-9-15)20(2,3)4;1-3-2;;;;;/h2*5-13H,1-4H3;3H,1-2H3;4*1H;/q2*+1;;;;;;+4/p-4. The molecule has 2 atom stereocenters. The van der Waals surface area contributed by atoms with Crippen LogP contribution in [0.2, 0.25) is 13.1 Å². The average molecular weight is 1000 g/mol. The van der Waals surface area contributed by atoms with E-state index in [-0.39, 0.29) is 7.25 Å². The van der Waals surface area contributed by atoms with Gasteiger partial charge in [-0.15, -0.1) is 0 Å². The average Bonchev–Trinajstić information content (AvgIpc) is 3.53. The molecule has 0 heterocycles. The Labute approximate surface area is 309 Å². The van der Waals surface area contributed by atoms with Crippen LogP contribution < -0.4 is 8.97 Å². The van der Waals surface area contributed by atoms with Gasteiger partial charge in [0.1, 0.15) is 0 Å². The molecule has 0 aliphatic heterocycles. The van der Waals surface area contributed by atoms with Gasteiger partial charge in [0.05, 0.1) is 0 Å². The van der Waals surface area contributed by atoms with Gasteiger partial charge >= 0.3 is 313 Å². The van der Waals surface area contributed by atoms with Crippen LogP contribution in [0.15, 0.2) is 96.1 Å². The minimum atomic E-state index is -6.04. The third kappa shape index (κ3) is 5.52. The number of rotatable bonds is 7. The van der Waals surface area contributed by atoms with Crippen molar-refractivity contribution in [3.63, 3.8) is 0 Å². The Morgan fingerprint density at radius 2 is 0.896 bits per heavy atom. The predicted molar refractivity (Wildman–Crippen MR) is 234 cm³/mol. The van der Waals surface area contributed by atoms with E-state index in [9.17, 15) is 0 Å². The van der Waals surface area contributed by atoms with E-state index in [2.05, 4.69) is 202 Å². The third-order valence-electron chi connectivity index (χ3n) is 11.5. The zero-order chi connectivity index (χ0) is 35.4. The van der Waals surface area contributed by atoms with Crippen molar-refractivity contribution in [2.45, 2.75) is 34.2 Å². The van der Waals surface area contributed by atoms with E-state index < -0.39 is 10.1 Å².